The summed E-state index contributed by atoms with van der Waals surface area (Å²) in [7, 11) is -0.169. The van der Waals surface area contributed by atoms with E-state index < -0.39 is 0 Å². The summed E-state index contributed by atoms with van der Waals surface area (Å²) in [5.74, 6) is 0. The van der Waals surface area contributed by atoms with Crippen LogP contribution >= 0.6 is 0 Å². The molecule has 2 rings (SSSR count). The second-order valence-electron chi connectivity index (χ2n) is 6.22. The predicted molar refractivity (Wildman–Crippen MR) is 73.4 cm³/mol. The van der Waals surface area contributed by atoms with Gasteiger partial charge in [0, 0.05) is 6.61 Å². The van der Waals surface area contributed by atoms with Gasteiger partial charge in [-0.05, 0) is 59.4 Å². The number of ether oxygens (including phenoxy) is 1. The predicted octanol–water partition coefficient (Wildman–Crippen LogP) is 3.13. The van der Waals surface area contributed by atoms with Crippen LogP contribution in [0.5, 0.6) is 0 Å². The van der Waals surface area contributed by atoms with Crippen molar-refractivity contribution in [2.45, 2.75) is 71.2 Å². The van der Waals surface area contributed by atoms with E-state index in [1.807, 2.05) is 6.92 Å². The Morgan fingerprint density at radius 2 is 1.89 bits per heavy atom. The van der Waals surface area contributed by atoms with Gasteiger partial charge in [-0.3, -0.25) is 0 Å². The van der Waals surface area contributed by atoms with Crippen molar-refractivity contribution in [1.82, 2.24) is 0 Å². The zero-order valence-corrected chi connectivity index (χ0v) is 12.3. The molecule has 0 N–H and O–H groups in total. The lowest BCUT2D eigenvalue weighted by molar-refractivity contribution is 0.00578. The second kappa shape index (κ2) is 4.99. The van der Waals surface area contributed by atoms with E-state index in [2.05, 4.69) is 33.8 Å². The summed E-state index contributed by atoms with van der Waals surface area (Å²) in [5, 5.41) is 0. The molecule has 1 saturated heterocycles. The first-order valence-electron chi connectivity index (χ1n) is 7.02. The molecular formula is C14H25BO3. The second-order valence-corrected chi connectivity index (χ2v) is 6.22. The fraction of sp³-hybridized carbons (Fsp3) is 0.857. The van der Waals surface area contributed by atoms with E-state index in [9.17, 15) is 0 Å². The zero-order valence-electron chi connectivity index (χ0n) is 12.3. The van der Waals surface area contributed by atoms with Crippen molar-refractivity contribution >= 4 is 7.12 Å². The summed E-state index contributed by atoms with van der Waals surface area (Å²) in [6, 6.07) is 0. The van der Waals surface area contributed by atoms with Crippen molar-refractivity contribution in [2.75, 3.05) is 6.61 Å². The van der Waals surface area contributed by atoms with E-state index in [1.165, 1.54) is 5.47 Å². The monoisotopic (exact) mass is 252 g/mol. The van der Waals surface area contributed by atoms with Gasteiger partial charge in [-0.2, -0.15) is 0 Å². The smallest absolute Gasteiger partial charge is 0.400 e. The zero-order chi connectivity index (χ0) is 13.4. The van der Waals surface area contributed by atoms with Crippen LogP contribution < -0.4 is 0 Å². The van der Waals surface area contributed by atoms with Gasteiger partial charge in [0.15, 0.2) is 0 Å². The number of hydrogen-bond donors (Lipinski definition) is 0. The molecule has 102 valence electrons. The Balaban J connectivity index is 1.99. The highest BCUT2D eigenvalue weighted by Crippen LogP contribution is 2.40. The normalized spacial score (nSPS) is 30.4. The van der Waals surface area contributed by atoms with Crippen LogP contribution in [0.1, 0.15) is 53.9 Å². The van der Waals surface area contributed by atoms with E-state index in [1.54, 1.807) is 0 Å². The lowest BCUT2D eigenvalue weighted by atomic mass is 9.72. The SMILES string of the molecule is CCOC1CC=C(B2OC(C)(C)C(C)(C)O2)CC1. The highest BCUT2D eigenvalue weighted by atomic mass is 16.7. The molecule has 0 bridgehead atoms. The minimum Gasteiger partial charge on any atom is -0.400 e. The molecule has 1 aliphatic heterocycles. The minimum atomic E-state index is -0.241. The molecule has 1 unspecified atom stereocenters. The van der Waals surface area contributed by atoms with Crippen molar-refractivity contribution in [1.29, 1.82) is 0 Å². The number of allylic oxidation sites excluding steroid dienone is 1. The largest absolute Gasteiger partial charge is 0.490 e. The van der Waals surface area contributed by atoms with Crippen LogP contribution in [0.3, 0.4) is 0 Å². The van der Waals surface area contributed by atoms with Gasteiger partial charge in [0.2, 0.25) is 0 Å². The Bertz CT molecular complexity index is 320. The Labute approximate surface area is 111 Å². The molecule has 0 radical (unpaired) electrons. The molecule has 3 nitrogen and oxygen atoms in total. The van der Waals surface area contributed by atoms with Crippen LogP contribution in [-0.2, 0) is 14.0 Å². The molecule has 0 aromatic heterocycles. The molecular weight excluding hydrogens is 227 g/mol. The maximum atomic E-state index is 6.07. The average molecular weight is 252 g/mol. The molecule has 0 aromatic rings. The standard InChI is InChI=1S/C14H25BO3/c1-6-16-12-9-7-11(8-10-12)15-17-13(2,3)14(4,5)18-15/h7,12H,6,8-10H2,1-5H3. The van der Waals surface area contributed by atoms with Gasteiger partial charge in [-0.15, -0.1) is 0 Å². The van der Waals surface area contributed by atoms with Gasteiger partial charge >= 0.3 is 7.12 Å². The Morgan fingerprint density at radius 1 is 1.28 bits per heavy atom. The highest BCUT2D eigenvalue weighted by Gasteiger charge is 2.52. The van der Waals surface area contributed by atoms with E-state index in [0.717, 1.165) is 25.9 Å². The van der Waals surface area contributed by atoms with Crippen LogP contribution in [0.2, 0.25) is 0 Å². The number of rotatable bonds is 3. The topological polar surface area (TPSA) is 27.7 Å². The van der Waals surface area contributed by atoms with Gasteiger partial charge in [0.05, 0.1) is 17.3 Å². The van der Waals surface area contributed by atoms with Crippen LogP contribution in [0.25, 0.3) is 0 Å². The molecule has 4 heteroatoms. The van der Waals surface area contributed by atoms with Gasteiger partial charge in [-0.1, -0.05) is 6.08 Å². The molecule has 0 aromatic carbocycles. The summed E-state index contributed by atoms with van der Waals surface area (Å²) in [6.07, 6.45) is 5.69. The van der Waals surface area contributed by atoms with Crippen LogP contribution in [0, 0.1) is 0 Å². The third-order valence-corrected chi connectivity index (χ3v) is 4.36. The maximum absolute atomic E-state index is 6.07. The first-order chi connectivity index (χ1) is 8.36. The quantitative estimate of drug-likeness (QED) is 0.722. The first-order valence-corrected chi connectivity index (χ1v) is 7.02. The molecule has 0 amide bonds. The molecule has 1 heterocycles. The molecule has 0 saturated carbocycles. The molecule has 1 atom stereocenters. The van der Waals surface area contributed by atoms with E-state index in [-0.39, 0.29) is 18.3 Å². The van der Waals surface area contributed by atoms with Crippen molar-refractivity contribution < 1.29 is 14.0 Å². The van der Waals surface area contributed by atoms with Crippen LogP contribution in [0.15, 0.2) is 11.5 Å². The lowest BCUT2D eigenvalue weighted by Crippen LogP contribution is -2.41. The summed E-state index contributed by atoms with van der Waals surface area (Å²) in [5.41, 5.74) is 0.800. The van der Waals surface area contributed by atoms with Crippen LogP contribution in [-0.4, -0.2) is 31.0 Å². The van der Waals surface area contributed by atoms with Crippen molar-refractivity contribution in [2.24, 2.45) is 0 Å². The minimum absolute atomic E-state index is 0.169. The van der Waals surface area contributed by atoms with E-state index >= 15 is 0 Å². The summed E-state index contributed by atoms with van der Waals surface area (Å²) in [6.45, 7) is 11.2. The third-order valence-electron chi connectivity index (χ3n) is 4.36. The van der Waals surface area contributed by atoms with E-state index in [0.29, 0.717) is 6.10 Å². The van der Waals surface area contributed by atoms with Crippen molar-refractivity contribution in [3.05, 3.63) is 11.5 Å². The fourth-order valence-electron chi connectivity index (χ4n) is 2.43. The Morgan fingerprint density at radius 3 is 2.33 bits per heavy atom. The van der Waals surface area contributed by atoms with Gasteiger partial charge in [0.25, 0.3) is 0 Å². The van der Waals surface area contributed by atoms with Gasteiger partial charge in [-0.25, -0.2) is 0 Å². The molecule has 0 spiro atoms. The van der Waals surface area contributed by atoms with E-state index in [4.69, 9.17) is 14.0 Å². The molecule has 1 fully saturated rings. The summed E-state index contributed by atoms with van der Waals surface area (Å²) >= 11 is 0. The van der Waals surface area contributed by atoms with Crippen LogP contribution in [0.4, 0.5) is 0 Å². The fourth-order valence-corrected chi connectivity index (χ4v) is 2.43. The third kappa shape index (κ3) is 2.66. The van der Waals surface area contributed by atoms with Gasteiger partial charge < -0.3 is 14.0 Å². The Kier molecular flexibility index (Phi) is 3.91. The Hall–Kier alpha value is -0.315. The van der Waals surface area contributed by atoms with Crippen molar-refractivity contribution in [3.8, 4) is 0 Å². The summed E-state index contributed by atoms with van der Waals surface area (Å²) in [4.78, 5) is 0. The lowest BCUT2D eigenvalue weighted by Gasteiger charge is -2.32. The number of hydrogen-bond acceptors (Lipinski definition) is 3. The summed E-state index contributed by atoms with van der Waals surface area (Å²) < 4.78 is 17.8. The first kappa shape index (κ1) is 14.1. The molecule has 18 heavy (non-hydrogen) atoms. The van der Waals surface area contributed by atoms with Gasteiger partial charge in [0.1, 0.15) is 0 Å². The molecule has 2 aliphatic rings. The molecule has 1 aliphatic carbocycles. The maximum Gasteiger partial charge on any atom is 0.490 e. The highest BCUT2D eigenvalue weighted by molar-refractivity contribution is 6.54. The average Bonchev–Trinajstić information content (AvgIpc) is 2.50. The van der Waals surface area contributed by atoms with Crippen molar-refractivity contribution in [3.63, 3.8) is 0 Å².